The van der Waals surface area contributed by atoms with Crippen LogP contribution in [0.15, 0.2) is 83.9 Å². The van der Waals surface area contributed by atoms with Crippen molar-refractivity contribution < 1.29 is 14.3 Å². The molecule has 0 atom stereocenters. The van der Waals surface area contributed by atoms with Crippen molar-refractivity contribution in [1.82, 2.24) is 44.5 Å². The predicted molar refractivity (Wildman–Crippen MR) is 148 cm³/mol. The molecule has 0 radical (unpaired) electrons. The normalized spacial score (nSPS) is 11.9. The van der Waals surface area contributed by atoms with Crippen LogP contribution in [0.3, 0.4) is 0 Å². The summed E-state index contributed by atoms with van der Waals surface area (Å²) in [6.07, 6.45) is 4.87. The number of benzene rings is 1. The fourth-order valence-corrected chi connectivity index (χ4v) is 4.50. The van der Waals surface area contributed by atoms with Crippen molar-refractivity contribution in [1.29, 1.82) is 0 Å². The molecule has 0 unspecified atom stereocenters. The Labute approximate surface area is 231 Å². The zero-order chi connectivity index (χ0) is 28.1. The quantitative estimate of drug-likeness (QED) is 0.307. The van der Waals surface area contributed by atoms with Crippen molar-refractivity contribution >= 4 is 22.6 Å². The maximum Gasteiger partial charge on any atom is 0.222 e. The Bertz CT molecular complexity index is 2040. The van der Waals surface area contributed by atoms with Gasteiger partial charge in [0.1, 0.15) is 28.9 Å². The summed E-state index contributed by atoms with van der Waals surface area (Å²) in [7, 11) is 0. The van der Waals surface area contributed by atoms with Crippen LogP contribution < -0.4 is 10.5 Å². The van der Waals surface area contributed by atoms with E-state index in [0.29, 0.717) is 56.8 Å². The topological polar surface area (TPSA) is 168 Å². The Morgan fingerprint density at radius 2 is 1.90 bits per heavy atom. The Balaban J connectivity index is 1.35. The summed E-state index contributed by atoms with van der Waals surface area (Å²) in [5, 5.41) is 23.4. The minimum absolute atomic E-state index is 0.0401. The number of furan rings is 1. The van der Waals surface area contributed by atoms with Gasteiger partial charge in [-0.15, -0.1) is 5.10 Å². The molecule has 1 aromatic carbocycles. The molecule has 0 amide bonds. The first kappa shape index (κ1) is 24.4. The van der Waals surface area contributed by atoms with E-state index in [9.17, 15) is 5.11 Å². The fraction of sp³-hybridized carbons (Fsp3) is 0.107. The molecule has 0 fully saturated rings. The highest BCUT2D eigenvalue weighted by atomic mass is 16.5. The lowest BCUT2D eigenvalue weighted by atomic mass is 10.0. The maximum atomic E-state index is 10.3. The minimum atomic E-state index is -1.10. The third kappa shape index (κ3) is 4.39. The fourth-order valence-electron chi connectivity index (χ4n) is 4.50. The van der Waals surface area contributed by atoms with Gasteiger partial charge in [-0.3, -0.25) is 0 Å². The van der Waals surface area contributed by atoms with Crippen LogP contribution in [0, 0.1) is 0 Å². The number of rotatable bonds is 6. The van der Waals surface area contributed by atoms with E-state index in [0.717, 1.165) is 5.56 Å². The highest BCUT2D eigenvalue weighted by Gasteiger charge is 2.23. The molecule has 13 nitrogen and oxygen atoms in total. The molecule has 7 aromatic rings. The average molecular weight is 547 g/mol. The molecule has 3 N–H and O–H groups in total. The maximum absolute atomic E-state index is 10.3. The Morgan fingerprint density at radius 3 is 2.73 bits per heavy atom. The van der Waals surface area contributed by atoms with E-state index in [1.165, 1.54) is 6.33 Å². The van der Waals surface area contributed by atoms with E-state index in [4.69, 9.17) is 14.9 Å². The van der Waals surface area contributed by atoms with Crippen molar-refractivity contribution in [3.8, 4) is 40.0 Å². The Hall–Kier alpha value is -5.69. The molecular formula is C28H22N10O3. The highest BCUT2D eigenvalue weighted by molar-refractivity contribution is 5.87. The van der Waals surface area contributed by atoms with Crippen LogP contribution in [0.1, 0.15) is 19.5 Å². The number of hydrogen-bond donors (Lipinski definition) is 2. The van der Waals surface area contributed by atoms with Crippen LogP contribution >= 0.6 is 0 Å². The van der Waals surface area contributed by atoms with Crippen molar-refractivity contribution in [3.63, 3.8) is 0 Å². The number of ether oxygens (including phenoxy) is 1. The summed E-state index contributed by atoms with van der Waals surface area (Å²) in [5.41, 5.74) is 9.32. The molecule has 0 bridgehead atoms. The minimum Gasteiger partial charge on any atom is -0.463 e. The third-order valence-corrected chi connectivity index (χ3v) is 6.41. The van der Waals surface area contributed by atoms with Crippen LogP contribution in [-0.4, -0.2) is 49.7 Å². The molecule has 0 aliphatic heterocycles. The number of fused-ring (bicyclic) bond motifs is 2. The van der Waals surface area contributed by atoms with Crippen LogP contribution in [0.5, 0.6) is 11.6 Å². The number of anilines is 1. The summed E-state index contributed by atoms with van der Waals surface area (Å²) in [6.45, 7) is 3.33. The second kappa shape index (κ2) is 9.20. The monoisotopic (exact) mass is 546 g/mol. The lowest BCUT2D eigenvalue weighted by molar-refractivity contribution is 0.0733. The zero-order valence-corrected chi connectivity index (χ0v) is 21.9. The molecule has 6 aromatic heterocycles. The van der Waals surface area contributed by atoms with Gasteiger partial charge in [0.2, 0.25) is 11.8 Å². The van der Waals surface area contributed by atoms with Crippen molar-refractivity contribution in [2.75, 3.05) is 5.73 Å². The Morgan fingerprint density at radius 1 is 1.00 bits per heavy atom. The van der Waals surface area contributed by atoms with Gasteiger partial charge in [0.05, 0.1) is 23.0 Å². The molecule has 202 valence electrons. The zero-order valence-electron chi connectivity index (χ0n) is 21.9. The van der Waals surface area contributed by atoms with E-state index in [1.54, 1.807) is 71.8 Å². The van der Waals surface area contributed by atoms with Gasteiger partial charge in [-0.25, -0.2) is 19.5 Å². The van der Waals surface area contributed by atoms with Gasteiger partial charge in [-0.1, -0.05) is 11.3 Å². The van der Waals surface area contributed by atoms with Gasteiger partial charge >= 0.3 is 0 Å². The third-order valence-electron chi connectivity index (χ3n) is 6.41. The molecule has 0 saturated heterocycles. The van der Waals surface area contributed by atoms with E-state index < -0.39 is 5.60 Å². The number of aliphatic hydroxyl groups is 1. The molecule has 41 heavy (non-hydrogen) atoms. The molecule has 7 rings (SSSR count). The highest BCUT2D eigenvalue weighted by Crippen LogP contribution is 2.37. The van der Waals surface area contributed by atoms with Crippen LogP contribution in [-0.2, 0) is 5.60 Å². The summed E-state index contributed by atoms with van der Waals surface area (Å²) < 4.78 is 14.9. The molecule has 0 saturated carbocycles. The average Bonchev–Trinajstić information content (AvgIpc) is 3.73. The predicted octanol–water partition coefficient (Wildman–Crippen LogP) is 4.18. The largest absolute Gasteiger partial charge is 0.463 e. The van der Waals surface area contributed by atoms with Gasteiger partial charge in [-0.2, -0.15) is 14.8 Å². The summed E-state index contributed by atoms with van der Waals surface area (Å²) in [5.74, 6) is 1.79. The molecule has 13 heteroatoms. The van der Waals surface area contributed by atoms with E-state index in [2.05, 4.69) is 35.3 Å². The standard InChI is InChI=1S/C28H22N10O3/c1-28(2,39)21-6-3-7-23(32-21)41-17-9-10-19-18(13-17)35-36-38(19)26-24(16-8-11-22-30-15-31-37(22)14-16)25(33-27(29)34-26)20-5-4-12-40-20/h3-15,39H,1-2H3,(H2,29,33,34). The molecule has 0 aliphatic carbocycles. The van der Waals surface area contributed by atoms with E-state index >= 15 is 0 Å². The number of pyridine rings is 2. The van der Waals surface area contributed by atoms with Gasteiger partial charge in [-0.05, 0) is 56.3 Å². The number of aromatic nitrogens is 9. The van der Waals surface area contributed by atoms with Crippen molar-refractivity contribution in [3.05, 3.63) is 85.1 Å². The first-order valence-corrected chi connectivity index (χ1v) is 12.6. The second-order valence-electron chi connectivity index (χ2n) is 9.76. The van der Waals surface area contributed by atoms with Crippen molar-refractivity contribution in [2.45, 2.75) is 19.4 Å². The summed E-state index contributed by atoms with van der Waals surface area (Å²) in [4.78, 5) is 17.7. The van der Waals surface area contributed by atoms with Crippen LogP contribution in [0.4, 0.5) is 5.95 Å². The van der Waals surface area contributed by atoms with Gasteiger partial charge in [0.15, 0.2) is 17.2 Å². The lowest BCUT2D eigenvalue weighted by Crippen LogP contribution is -2.17. The van der Waals surface area contributed by atoms with Gasteiger partial charge in [0.25, 0.3) is 0 Å². The molecule has 0 spiro atoms. The van der Waals surface area contributed by atoms with E-state index in [1.807, 2.05) is 24.4 Å². The number of hydrogen-bond acceptors (Lipinski definition) is 11. The second-order valence-corrected chi connectivity index (χ2v) is 9.76. The molecular weight excluding hydrogens is 524 g/mol. The first-order valence-electron chi connectivity index (χ1n) is 12.6. The summed E-state index contributed by atoms with van der Waals surface area (Å²) >= 11 is 0. The SMILES string of the molecule is CC(C)(O)c1cccc(Oc2ccc3c(c2)nnn3-c2nc(N)nc(-c3ccco3)c2-c2ccc3ncnn3c2)n1. The lowest BCUT2D eigenvalue weighted by Gasteiger charge is -2.17. The first-order chi connectivity index (χ1) is 19.8. The Kier molecular flexibility index (Phi) is 5.47. The van der Waals surface area contributed by atoms with Gasteiger partial charge < -0.3 is 20.0 Å². The van der Waals surface area contributed by atoms with Gasteiger partial charge in [0, 0.05) is 23.9 Å². The number of nitrogens with two attached hydrogens (primary N) is 1. The summed E-state index contributed by atoms with van der Waals surface area (Å²) in [6, 6.07) is 17.9. The van der Waals surface area contributed by atoms with Crippen LogP contribution in [0.2, 0.25) is 0 Å². The molecule has 6 heterocycles. The smallest absolute Gasteiger partial charge is 0.222 e. The molecule has 0 aliphatic rings. The number of nitrogens with zero attached hydrogens (tertiary/aromatic N) is 9. The van der Waals surface area contributed by atoms with Crippen LogP contribution in [0.25, 0.3) is 45.1 Å². The van der Waals surface area contributed by atoms with E-state index in [-0.39, 0.29) is 5.95 Å². The van der Waals surface area contributed by atoms with Crippen molar-refractivity contribution in [2.24, 2.45) is 0 Å². The number of nitrogen functional groups attached to an aromatic ring is 1.